The first-order valence-corrected chi connectivity index (χ1v) is 9.50. The van der Waals surface area contributed by atoms with Crippen molar-refractivity contribution in [3.05, 3.63) is 0 Å². The van der Waals surface area contributed by atoms with Crippen molar-refractivity contribution in [2.24, 2.45) is 23.7 Å². The van der Waals surface area contributed by atoms with Crippen LogP contribution in [0.2, 0.25) is 0 Å². The van der Waals surface area contributed by atoms with Gasteiger partial charge in [-0.25, -0.2) is 0 Å². The predicted molar refractivity (Wildman–Crippen MR) is 88.4 cm³/mol. The lowest BCUT2D eigenvalue weighted by Crippen LogP contribution is -2.40. The van der Waals surface area contributed by atoms with Gasteiger partial charge in [-0.3, -0.25) is 0 Å². The lowest BCUT2D eigenvalue weighted by molar-refractivity contribution is 0.0166. The Morgan fingerprint density at radius 3 is 1.43 bits per heavy atom. The summed E-state index contributed by atoms with van der Waals surface area (Å²) in [6, 6.07) is 0. The summed E-state index contributed by atoms with van der Waals surface area (Å²) in [6.07, 6.45) is 14.9. The largest absolute Gasteiger partial charge is 0.438 e. The zero-order valence-corrected chi connectivity index (χ0v) is 14.1. The summed E-state index contributed by atoms with van der Waals surface area (Å²) in [7, 11) is 0.531. The van der Waals surface area contributed by atoms with Crippen molar-refractivity contribution < 1.29 is 9.31 Å². The van der Waals surface area contributed by atoms with Crippen LogP contribution < -0.4 is 0 Å². The second-order valence-electron chi connectivity index (χ2n) is 7.89. The van der Waals surface area contributed by atoms with Crippen LogP contribution in [0.3, 0.4) is 0 Å². The minimum Gasteiger partial charge on any atom is -0.408 e. The van der Waals surface area contributed by atoms with Crippen molar-refractivity contribution in [3.63, 3.8) is 0 Å². The highest BCUT2D eigenvalue weighted by Crippen LogP contribution is 2.40. The normalized spacial score (nSPS) is 35.3. The number of hydrogen-bond donors (Lipinski definition) is 0. The van der Waals surface area contributed by atoms with Gasteiger partial charge in [0.05, 0.1) is 12.2 Å². The van der Waals surface area contributed by atoms with Gasteiger partial charge in [-0.2, -0.15) is 0 Å². The van der Waals surface area contributed by atoms with Gasteiger partial charge in [-0.1, -0.05) is 78.1 Å². The molecule has 0 aromatic carbocycles. The number of hydrogen-bond acceptors (Lipinski definition) is 2. The summed E-state index contributed by atoms with van der Waals surface area (Å²) in [4.78, 5) is 0. The lowest BCUT2D eigenvalue weighted by atomic mass is 9.72. The molecule has 1 aliphatic heterocycles. The molecule has 4 atom stereocenters. The molecular weight excluding hydrogens is 259 g/mol. The molecular formula is C18H33BO2. The van der Waals surface area contributed by atoms with E-state index in [1.165, 1.54) is 64.2 Å². The van der Waals surface area contributed by atoms with Crippen LogP contribution in [-0.4, -0.2) is 19.9 Å². The van der Waals surface area contributed by atoms with Crippen molar-refractivity contribution >= 4 is 7.69 Å². The van der Waals surface area contributed by atoms with Gasteiger partial charge in [0.15, 0.2) is 0 Å². The standard InChI is InChI=1S/C18H33BO2/c1-13(15-9-5-3-6-10-15)17-18(21-19-20-17)14(2)16-11-7-4-8-12-16/h13-19H,3-12H2,1-2H3/t13?,14?,17-,18-/m1/s1. The van der Waals surface area contributed by atoms with E-state index < -0.39 is 0 Å². The van der Waals surface area contributed by atoms with Gasteiger partial charge < -0.3 is 9.31 Å². The first-order valence-electron chi connectivity index (χ1n) is 9.50. The van der Waals surface area contributed by atoms with Gasteiger partial charge in [0.1, 0.15) is 0 Å². The fraction of sp³-hybridized carbons (Fsp3) is 1.00. The van der Waals surface area contributed by atoms with Crippen LogP contribution in [0.15, 0.2) is 0 Å². The molecule has 3 rings (SSSR count). The topological polar surface area (TPSA) is 18.5 Å². The van der Waals surface area contributed by atoms with E-state index in [0.29, 0.717) is 31.7 Å². The molecule has 2 aliphatic carbocycles. The Labute approximate surface area is 131 Å². The molecule has 0 aromatic heterocycles. The van der Waals surface area contributed by atoms with E-state index in [9.17, 15) is 0 Å². The lowest BCUT2D eigenvalue weighted by Gasteiger charge is -2.38. The Morgan fingerprint density at radius 2 is 1.05 bits per heavy atom. The quantitative estimate of drug-likeness (QED) is 0.712. The molecule has 2 saturated carbocycles. The van der Waals surface area contributed by atoms with E-state index in [1.807, 2.05) is 0 Å². The molecule has 0 aromatic rings. The molecule has 3 aliphatic rings. The predicted octanol–water partition coefficient (Wildman–Crippen LogP) is 4.47. The van der Waals surface area contributed by atoms with Crippen molar-refractivity contribution in [2.45, 2.75) is 90.3 Å². The average Bonchev–Trinajstić information content (AvgIpc) is 3.04. The fourth-order valence-corrected chi connectivity index (χ4v) is 5.14. The summed E-state index contributed by atoms with van der Waals surface area (Å²) >= 11 is 0. The van der Waals surface area contributed by atoms with Crippen molar-refractivity contribution in [1.82, 2.24) is 0 Å². The van der Waals surface area contributed by atoms with Gasteiger partial charge in [-0.15, -0.1) is 0 Å². The van der Waals surface area contributed by atoms with Gasteiger partial charge >= 0.3 is 7.69 Å². The van der Waals surface area contributed by atoms with Crippen molar-refractivity contribution in [2.75, 3.05) is 0 Å². The monoisotopic (exact) mass is 292 g/mol. The number of rotatable bonds is 4. The smallest absolute Gasteiger partial charge is 0.408 e. The second-order valence-corrected chi connectivity index (χ2v) is 7.89. The summed E-state index contributed by atoms with van der Waals surface area (Å²) in [6.45, 7) is 4.85. The maximum atomic E-state index is 6.07. The molecule has 0 spiro atoms. The van der Waals surface area contributed by atoms with Crippen LogP contribution in [-0.2, 0) is 9.31 Å². The molecule has 3 heteroatoms. The Balaban J connectivity index is 1.60. The SMILES string of the molecule is CC(C1CCCCC1)[C@H]1OBO[C@@H]1C(C)C1CCCCC1. The van der Waals surface area contributed by atoms with Gasteiger partial charge in [-0.05, 0) is 23.7 Å². The molecule has 0 N–H and O–H groups in total. The van der Waals surface area contributed by atoms with E-state index in [1.54, 1.807) is 0 Å². The molecule has 0 bridgehead atoms. The minimum atomic E-state index is 0.352. The first kappa shape index (κ1) is 15.9. The van der Waals surface area contributed by atoms with Crippen molar-refractivity contribution in [1.29, 1.82) is 0 Å². The van der Waals surface area contributed by atoms with Crippen LogP contribution in [0.4, 0.5) is 0 Å². The van der Waals surface area contributed by atoms with Crippen LogP contribution in [0, 0.1) is 23.7 Å². The Hall–Kier alpha value is -0.0151. The zero-order chi connectivity index (χ0) is 14.7. The molecule has 1 heterocycles. The summed E-state index contributed by atoms with van der Waals surface area (Å²) < 4.78 is 12.1. The molecule has 0 amide bonds. The molecule has 1 saturated heterocycles. The summed E-state index contributed by atoms with van der Waals surface area (Å²) in [5.41, 5.74) is 0. The van der Waals surface area contributed by atoms with Gasteiger partial charge in [0.2, 0.25) is 0 Å². The molecule has 3 fully saturated rings. The summed E-state index contributed by atoms with van der Waals surface area (Å²) in [5.74, 6) is 3.07. The molecule has 21 heavy (non-hydrogen) atoms. The highest BCUT2D eigenvalue weighted by molar-refractivity contribution is 6.19. The van der Waals surface area contributed by atoms with Crippen LogP contribution in [0.25, 0.3) is 0 Å². The third kappa shape index (κ3) is 3.67. The fourth-order valence-electron chi connectivity index (χ4n) is 5.14. The average molecular weight is 292 g/mol. The molecule has 0 radical (unpaired) electrons. The summed E-state index contributed by atoms with van der Waals surface area (Å²) in [5, 5.41) is 0. The second kappa shape index (κ2) is 7.50. The first-order chi connectivity index (χ1) is 10.3. The van der Waals surface area contributed by atoms with E-state index in [-0.39, 0.29) is 0 Å². The van der Waals surface area contributed by atoms with E-state index in [4.69, 9.17) is 9.31 Å². The Morgan fingerprint density at radius 1 is 0.667 bits per heavy atom. The van der Waals surface area contributed by atoms with Crippen LogP contribution in [0.5, 0.6) is 0 Å². The van der Waals surface area contributed by atoms with Gasteiger partial charge in [0.25, 0.3) is 0 Å². The van der Waals surface area contributed by atoms with E-state index in [0.717, 1.165) is 11.8 Å². The van der Waals surface area contributed by atoms with E-state index in [2.05, 4.69) is 13.8 Å². The maximum absolute atomic E-state index is 6.07. The van der Waals surface area contributed by atoms with E-state index >= 15 is 0 Å². The molecule has 2 nitrogen and oxygen atoms in total. The van der Waals surface area contributed by atoms with Crippen LogP contribution >= 0.6 is 0 Å². The minimum absolute atomic E-state index is 0.352. The third-order valence-corrected chi connectivity index (χ3v) is 6.67. The van der Waals surface area contributed by atoms with Crippen molar-refractivity contribution in [3.8, 4) is 0 Å². The molecule has 120 valence electrons. The third-order valence-electron chi connectivity index (χ3n) is 6.67. The van der Waals surface area contributed by atoms with Gasteiger partial charge in [0, 0.05) is 0 Å². The maximum Gasteiger partial charge on any atom is 0.438 e. The Bertz CT molecular complexity index is 280. The Kier molecular flexibility index (Phi) is 5.67. The zero-order valence-electron chi connectivity index (χ0n) is 14.1. The highest BCUT2D eigenvalue weighted by Gasteiger charge is 2.42. The highest BCUT2D eigenvalue weighted by atomic mass is 16.6. The molecule has 2 unspecified atom stereocenters. The van der Waals surface area contributed by atoms with Crippen LogP contribution in [0.1, 0.15) is 78.1 Å².